The summed E-state index contributed by atoms with van der Waals surface area (Å²) in [5.41, 5.74) is 4.83. The van der Waals surface area contributed by atoms with E-state index < -0.39 is 0 Å². The van der Waals surface area contributed by atoms with Crippen molar-refractivity contribution in [3.63, 3.8) is 0 Å². The summed E-state index contributed by atoms with van der Waals surface area (Å²) in [5, 5.41) is 6.52. The zero-order chi connectivity index (χ0) is 18.5. The van der Waals surface area contributed by atoms with Crippen molar-refractivity contribution in [2.45, 2.75) is 27.3 Å². The molecule has 1 heterocycles. The van der Waals surface area contributed by atoms with E-state index in [1.807, 2.05) is 25.1 Å². The third-order valence-electron chi connectivity index (χ3n) is 4.00. The third-order valence-corrected chi connectivity index (χ3v) is 4.00. The van der Waals surface area contributed by atoms with Crippen molar-refractivity contribution < 1.29 is 4.79 Å². The minimum Gasteiger partial charge on any atom is -0.366 e. The van der Waals surface area contributed by atoms with Crippen molar-refractivity contribution in [3.05, 3.63) is 77.0 Å². The van der Waals surface area contributed by atoms with Crippen molar-refractivity contribution in [1.82, 2.24) is 9.97 Å². The van der Waals surface area contributed by atoms with Crippen molar-refractivity contribution in [1.29, 1.82) is 0 Å². The van der Waals surface area contributed by atoms with Gasteiger partial charge in [0, 0.05) is 29.6 Å². The highest BCUT2D eigenvalue weighted by molar-refractivity contribution is 5.94. The first-order valence-electron chi connectivity index (χ1n) is 8.53. The lowest BCUT2D eigenvalue weighted by Crippen LogP contribution is -2.05. The quantitative estimate of drug-likeness (QED) is 0.636. The molecule has 0 aliphatic heterocycles. The fourth-order valence-electron chi connectivity index (χ4n) is 2.53. The molecule has 0 aliphatic carbocycles. The van der Waals surface area contributed by atoms with E-state index >= 15 is 0 Å². The van der Waals surface area contributed by atoms with E-state index in [-0.39, 0.29) is 5.78 Å². The molecule has 2 aromatic carbocycles. The number of rotatable bonds is 6. The molecule has 0 saturated carbocycles. The van der Waals surface area contributed by atoms with Crippen LogP contribution in [0.5, 0.6) is 0 Å². The molecular weight excluding hydrogens is 324 g/mol. The van der Waals surface area contributed by atoms with Crippen LogP contribution in [0, 0.1) is 13.8 Å². The van der Waals surface area contributed by atoms with E-state index in [4.69, 9.17) is 0 Å². The van der Waals surface area contributed by atoms with Crippen molar-refractivity contribution in [3.8, 4) is 0 Å². The second kappa shape index (κ2) is 7.78. The van der Waals surface area contributed by atoms with Crippen LogP contribution in [0.2, 0.25) is 0 Å². The second-order valence-corrected chi connectivity index (χ2v) is 6.32. The van der Waals surface area contributed by atoms with Crippen LogP contribution in [0.25, 0.3) is 0 Å². The molecule has 0 fully saturated rings. The Bertz CT molecular complexity index is 902. The summed E-state index contributed by atoms with van der Waals surface area (Å²) < 4.78 is 0. The predicted molar refractivity (Wildman–Crippen MR) is 105 cm³/mol. The standard InChI is InChI=1S/C21H22N4O/c1-14-4-6-17(7-5-14)13-22-20-12-15(2)23-21(25-20)24-19-10-8-18(9-11-19)16(3)26/h4-12H,13H2,1-3H3,(H2,22,23,24,25). The van der Waals surface area contributed by atoms with Crippen LogP contribution < -0.4 is 10.6 Å². The Kier molecular flexibility index (Phi) is 5.27. The van der Waals surface area contributed by atoms with Crippen LogP contribution in [-0.2, 0) is 6.54 Å². The second-order valence-electron chi connectivity index (χ2n) is 6.32. The van der Waals surface area contributed by atoms with Crippen LogP contribution in [-0.4, -0.2) is 15.8 Å². The highest BCUT2D eigenvalue weighted by Crippen LogP contribution is 2.17. The Morgan fingerprint density at radius 3 is 2.31 bits per heavy atom. The van der Waals surface area contributed by atoms with Gasteiger partial charge in [-0.2, -0.15) is 4.98 Å². The van der Waals surface area contributed by atoms with Crippen molar-refractivity contribution in [2.75, 3.05) is 10.6 Å². The molecule has 26 heavy (non-hydrogen) atoms. The number of aryl methyl sites for hydroxylation is 2. The third kappa shape index (κ3) is 4.66. The molecule has 0 unspecified atom stereocenters. The molecule has 2 N–H and O–H groups in total. The van der Waals surface area contributed by atoms with Gasteiger partial charge in [0.1, 0.15) is 5.82 Å². The van der Waals surface area contributed by atoms with Crippen molar-refractivity contribution >= 4 is 23.2 Å². The number of aromatic nitrogens is 2. The minimum absolute atomic E-state index is 0.0472. The number of ketones is 1. The zero-order valence-corrected chi connectivity index (χ0v) is 15.2. The number of anilines is 3. The lowest BCUT2D eigenvalue weighted by molar-refractivity contribution is 0.101. The molecule has 0 radical (unpaired) electrons. The summed E-state index contributed by atoms with van der Waals surface area (Å²) in [4.78, 5) is 20.3. The first-order chi connectivity index (χ1) is 12.5. The number of benzene rings is 2. The van der Waals surface area contributed by atoms with Crippen LogP contribution >= 0.6 is 0 Å². The Morgan fingerprint density at radius 1 is 0.962 bits per heavy atom. The number of carbonyl (C=O) groups excluding carboxylic acids is 1. The molecule has 0 saturated heterocycles. The maximum Gasteiger partial charge on any atom is 0.229 e. The normalized spacial score (nSPS) is 10.4. The van der Waals surface area contributed by atoms with Gasteiger partial charge in [-0.05, 0) is 50.6 Å². The van der Waals surface area contributed by atoms with Crippen LogP contribution in [0.1, 0.15) is 34.1 Å². The molecule has 0 atom stereocenters. The summed E-state index contributed by atoms with van der Waals surface area (Å²) in [6.07, 6.45) is 0. The lowest BCUT2D eigenvalue weighted by atomic mass is 10.1. The number of carbonyl (C=O) groups is 1. The van der Waals surface area contributed by atoms with Gasteiger partial charge in [-0.1, -0.05) is 29.8 Å². The van der Waals surface area contributed by atoms with E-state index in [1.54, 1.807) is 19.1 Å². The van der Waals surface area contributed by atoms with Crippen LogP contribution in [0.3, 0.4) is 0 Å². The summed E-state index contributed by atoms with van der Waals surface area (Å²) in [6, 6.07) is 17.6. The average Bonchev–Trinajstić information content (AvgIpc) is 2.61. The summed E-state index contributed by atoms with van der Waals surface area (Å²) in [7, 11) is 0. The number of hydrogen-bond donors (Lipinski definition) is 2. The first kappa shape index (κ1) is 17.6. The van der Waals surface area contributed by atoms with Gasteiger partial charge >= 0.3 is 0 Å². The number of nitrogens with one attached hydrogen (secondary N) is 2. The molecule has 3 rings (SSSR count). The molecule has 0 aliphatic rings. The number of Topliss-reactive ketones (excluding diaryl/α,β-unsaturated/α-hetero) is 1. The smallest absolute Gasteiger partial charge is 0.229 e. The van der Waals surface area contributed by atoms with Gasteiger partial charge in [0.2, 0.25) is 5.95 Å². The molecule has 5 heteroatoms. The summed E-state index contributed by atoms with van der Waals surface area (Å²) in [5.74, 6) is 1.33. The Morgan fingerprint density at radius 2 is 1.65 bits per heavy atom. The fraction of sp³-hybridized carbons (Fsp3) is 0.190. The van der Waals surface area contributed by atoms with Gasteiger partial charge in [-0.3, -0.25) is 4.79 Å². The van der Waals surface area contributed by atoms with Gasteiger partial charge < -0.3 is 10.6 Å². The van der Waals surface area contributed by atoms with E-state index in [2.05, 4.69) is 51.8 Å². The van der Waals surface area contributed by atoms with E-state index in [0.717, 1.165) is 17.2 Å². The van der Waals surface area contributed by atoms with Crippen molar-refractivity contribution in [2.24, 2.45) is 0 Å². The van der Waals surface area contributed by atoms with Gasteiger partial charge in [0.25, 0.3) is 0 Å². The van der Waals surface area contributed by atoms with E-state index in [1.165, 1.54) is 11.1 Å². The van der Waals surface area contributed by atoms with Gasteiger partial charge in [-0.15, -0.1) is 0 Å². The molecular formula is C21H22N4O. The molecule has 5 nitrogen and oxygen atoms in total. The minimum atomic E-state index is 0.0472. The molecule has 1 aromatic heterocycles. The number of hydrogen-bond acceptors (Lipinski definition) is 5. The highest BCUT2D eigenvalue weighted by atomic mass is 16.1. The Hall–Kier alpha value is -3.21. The summed E-state index contributed by atoms with van der Waals surface area (Å²) >= 11 is 0. The Labute approximate surface area is 153 Å². The van der Waals surface area contributed by atoms with Gasteiger partial charge in [0.15, 0.2) is 5.78 Å². The van der Waals surface area contributed by atoms with E-state index in [9.17, 15) is 4.79 Å². The highest BCUT2D eigenvalue weighted by Gasteiger charge is 2.04. The topological polar surface area (TPSA) is 66.9 Å². The molecule has 0 amide bonds. The summed E-state index contributed by atoms with van der Waals surface area (Å²) in [6.45, 7) is 6.26. The average molecular weight is 346 g/mol. The molecule has 3 aromatic rings. The largest absolute Gasteiger partial charge is 0.366 e. The monoisotopic (exact) mass is 346 g/mol. The van der Waals surface area contributed by atoms with E-state index in [0.29, 0.717) is 18.1 Å². The van der Waals surface area contributed by atoms with Crippen LogP contribution in [0.4, 0.5) is 17.5 Å². The lowest BCUT2D eigenvalue weighted by Gasteiger charge is -2.10. The predicted octanol–water partition coefficient (Wildman–Crippen LogP) is 4.65. The zero-order valence-electron chi connectivity index (χ0n) is 15.2. The maximum atomic E-state index is 11.4. The SMILES string of the molecule is CC(=O)c1ccc(Nc2nc(C)cc(NCc3ccc(C)cc3)n2)cc1. The number of nitrogens with zero attached hydrogens (tertiary/aromatic N) is 2. The first-order valence-corrected chi connectivity index (χ1v) is 8.53. The maximum absolute atomic E-state index is 11.4. The van der Waals surface area contributed by atoms with Gasteiger partial charge in [0.05, 0.1) is 0 Å². The Balaban J connectivity index is 1.70. The molecule has 0 spiro atoms. The van der Waals surface area contributed by atoms with Crippen LogP contribution in [0.15, 0.2) is 54.6 Å². The molecule has 132 valence electrons. The van der Waals surface area contributed by atoms with Gasteiger partial charge in [-0.25, -0.2) is 4.98 Å². The molecule has 0 bridgehead atoms. The fourth-order valence-corrected chi connectivity index (χ4v) is 2.53.